The van der Waals surface area contributed by atoms with Crippen molar-refractivity contribution in [3.63, 3.8) is 0 Å². The maximum Gasteiger partial charge on any atom is 0.322 e. The van der Waals surface area contributed by atoms with Gasteiger partial charge in [0.1, 0.15) is 12.6 Å². The second-order valence-electron chi connectivity index (χ2n) is 4.70. The van der Waals surface area contributed by atoms with Crippen molar-refractivity contribution in [3.8, 4) is 0 Å². The Labute approximate surface area is 143 Å². The predicted octanol–water partition coefficient (Wildman–Crippen LogP) is -2.32. The van der Waals surface area contributed by atoms with Crippen LogP contribution in [0.1, 0.15) is 13.3 Å². The van der Waals surface area contributed by atoms with Crippen molar-refractivity contribution in [1.29, 1.82) is 0 Å². The van der Waals surface area contributed by atoms with Gasteiger partial charge in [-0.1, -0.05) is 0 Å². The SMILES string of the molecule is CSCCC(NC(C)=O)C(=O)NCC(=O)NCC(=O)NCC(=O)O. The summed E-state index contributed by atoms with van der Waals surface area (Å²) < 4.78 is 0. The highest BCUT2D eigenvalue weighted by Crippen LogP contribution is 2.01. The molecule has 11 heteroatoms. The third-order valence-corrected chi connectivity index (χ3v) is 3.25. The van der Waals surface area contributed by atoms with Crippen LogP contribution < -0.4 is 21.3 Å². The first-order chi connectivity index (χ1) is 11.3. The predicted molar refractivity (Wildman–Crippen MR) is 87.3 cm³/mol. The van der Waals surface area contributed by atoms with Crippen molar-refractivity contribution in [3.05, 3.63) is 0 Å². The summed E-state index contributed by atoms with van der Waals surface area (Å²) in [6, 6.07) is -0.735. The molecule has 0 bridgehead atoms. The standard InChI is InChI=1S/C13H22N4O6S/c1-8(18)17-9(3-4-24-2)13(23)16-6-11(20)14-5-10(19)15-7-12(21)22/h9H,3-7H2,1-2H3,(H,14,20)(H,15,19)(H,16,23)(H,17,18)(H,21,22). The van der Waals surface area contributed by atoms with E-state index in [9.17, 15) is 24.0 Å². The van der Waals surface area contributed by atoms with Gasteiger partial charge in [-0.2, -0.15) is 11.8 Å². The Morgan fingerprint density at radius 1 is 0.958 bits per heavy atom. The molecule has 0 fully saturated rings. The Morgan fingerprint density at radius 3 is 2.00 bits per heavy atom. The number of nitrogens with one attached hydrogen (secondary N) is 4. The lowest BCUT2D eigenvalue weighted by atomic mass is 10.2. The van der Waals surface area contributed by atoms with Crippen LogP contribution >= 0.6 is 11.8 Å². The summed E-state index contributed by atoms with van der Waals surface area (Å²) in [7, 11) is 0. The fraction of sp³-hybridized carbons (Fsp3) is 0.615. The van der Waals surface area contributed by atoms with Crippen LogP contribution in [0.2, 0.25) is 0 Å². The van der Waals surface area contributed by atoms with Crippen molar-refractivity contribution in [2.24, 2.45) is 0 Å². The van der Waals surface area contributed by atoms with E-state index in [0.29, 0.717) is 12.2 Å². The number of carboxylic acids is 1. The highest BCUT2D eigenvalue weighted by Gasteiger charge is 2.19. The van der Waals surface area contributed by atoms with E-state index in [2.05, 4.69) is 21.3 Å². The van der Waals surface area contributed by atoms with E-state index in [1.807, 2.05) is 6.26 Å². The summed E-state index contributed by atoms with van der Waals surface area (Å²) >= 11 is 1.52. The molecule has 0 radical (unpaired) electrons. The summed E-state index contributed by atoms with van der Waals surface area (Å²) in [4.78, 5) is 56.0. The van der Waals surface area contributed by atoms with Crippen LogP contribution in [0.5, 0.6) is 0 Å². The fourth-order valence-corrected chi connectivity index (χ4v) is 1.99. The molecule has 10 nitrogen and oxygen atoms in total. The quantitative estimate of drug-likeness (QED) is 0.276. The van der Waals surface area contributed by atoms with Crippen LogP contribution in [-0.2, 0) is 24.0 Å². The zero-order valence-electron chi connectivity index (χ0n) is 13.5. The third kappa shape index (κ3) is 11.3. The average molecular weight is 362 g/mol. The van der Waals surface area contributed by atoms with E-state index in [4.69, 9.17) is 5.11 Å². The van der Waals surface area contributed by atoms with Gasteiger partial charge in [0.15, 0.2) is 0 Å². The second kappa shape index (κ2) is 12.2. The molecule has 0 rings (SSSR count). The van der Waals surface area contributed by atoms with Crippen LogP contribution in [0, 0.1) is 0 Å². The van der Waals surface area contributed by atoms with E-state index in [1.54, 1.807) is 0 Å². The Hall–Kier alpha value is -2.30. The highest BCUT2D eigenvalue weighted by atomic mass is 32.2. The summed E-state index contributed by atoms with van der Waals surface area (Å²) in [6.07, 6.45) is 2.29. The molecule has 0 aromatic rings. The minimum absolute atomic E-state index is 0.351. The minimum Gasteiger partial charge on any atom is -0.480 e. The zero-order chi connectivity index (χ0) is 18.5. The van der Waals surface area contributed by atoms with Crippen molar-refractivity contribution in [2.45, 2.75) is 19.4 Å². The Balaban J connectivity index is 4.16. The number of carboxylic acid groups (broad SMARTS) is 1. The summed E-state index contributed by atoms with van der Waals surface area (Å²) in [6.45, 7) is -0.00886. The van der Waals surface area contributed by atoms with Gasteiger partial charge in [0.2, 0.25) is 23.6 Å². The first-order valence-corrected chi connectivity index (χ1v) is 8.44. The molecule has 0 spiro atoms. The number of carbonyl (C=O) groups excluding carboxylic acids is 4. The average Bonchev–Trinajstić information content (AvgIpc) is 2.52. The Kier molecular flexibility index (Phi) is 11.0. The van der Waals surface area contributed by atoms with Crippen LogP contribution in [0.3, 0.4) is 0 Å². The number of hydrogen-bond donors (Lipinski definition) is 5. The molecule has 4 amide bonds. The molecule has 0 aromatic carbocycles. The minimum atomic E-state index is -1.20. The number of thioether (sulfide) groups is 1. The molecular weight excluding hydrogens is 340 g/mol. The molecule has 0 aromatic heterocycles. The maximum absolute atomic E-state index is 11.9. The van der Waals surface area contributed by atoms with Crippen LogP contribution in [0.4, 0.5) is 0 Å². The summed E-state index contributed by atoms with van der Waals surface area (Å²) in [5.41, 5.74) is 0. The number of amides is 4. The van der Waals surface area contributed by atoms with E-state index >= 15 is 0 Å². The molecule has 24 heavy (non-hydrogen) atoms. The van der Waals surface area contributed by atoms with Gasteiger partial charge in [-0.3, -0.25) is 24.0 Å². The highest BCUT2D eigenvalue weighted by molar-refractivity contribution is 7.98. The Bertz CT molecular complexity index is 485. The second-order valence-corrected chi connectivity index (χ2v) is 5.69. The molecule has 1 atom stereocenters. The largest absolute Gasteiger partial charge is 0.480 e. The first kappa shape index (κ1) is 21.7. The zero-order valence-corrected chi connectivity index (χ0v) is 14.3. The number of carbonyl (C=O) groups is 5. The third-order valence-electron chi connectivity index (χ3n) is 2.61. The molecule has 0 aliphatic carbocycles. The van der Waals surface area contributed by atoms with E-state index in [1.165, 1.54) is 18.7 Å². The molecule has 5 N–H and O–H groups in total. The van der Waals surface area contributed by atoms with Crippen molar-refractivity contribution < 1.29 is 29.1 Å². The monoisotopic (exact) mass is 362 g/mol. The van der Waals surface area contributed by atoms with Crippen LogP contribution in [-0.4, -0.2) is 72.4 Å². The fourth-order valence-electron chi connectivity index (χ4n) is 1.52. The Morgan fingerprint density at radius 2 is 1.50 bits per heavy atom. The number of hydrogen-bond acceptors (Lipinski definition) is 6. The van der Waals surface area contributed by atoms with Gasteiger partial charge >= 0.3 is 5.97 Å². The van der Waals surface area contributed by atoms with E-state index in [-0.39, 0.29) is 12.5 Å². The van der Waals surface area contributed by atoms with Crippen LogP contribution in [0.25, 0.3) is 0 Å². The lowest BCUT2D eigenvalue weighted by molar-refractivity contribution is -0.137. The smallest absolute Gasteiger partial charge is 0.322 e. The lowest BCUT2D eigenvalue weighted by Gasteiger charge is -2.17. The summed E-state index contributed by atoms with van der Waals surface area (Å²) in [5.74, 6) is -2.65. The molecule has 0 heterocycles. The molecule has 136 valence electrons. The first-order valence-electron chi connectivity index (χ1n) is 7.05. The summed E-state index contributed by atoms with van der Waals surface area (Å²) in [5, 5.41) is 17.6. The maximum atomic E-state index is 11.9. The van der Waals surface area contributed by atoms with Gasteiger partial charge in [0.25, 0.3) is 0 Å². The number of rotatable bonds is 11. The van der Waals surface area contributed by atoms with Gasteiger partial charge in [-0.25, -0.2) is 0 Å². The normalized spacial score (nSPS) is 11.1. The van der Waals surface area contributed by atoms with E-state index < -0.39 is 42.8 Å². The van der Waals surface area contributed by atoms with Gasteiger partial charge in [0, 0.05) is 6.92 Å². The van der Waals surface area contributed by atoms with Crippen molar-refractivity contribution in [2.75, 3.05) is 31.6 Å². The molecule has 1 unspecified atom stereocenters. The van der Waals surface area contributed by atoms with E-state index in [0.717, 1.165) is 0 Å². The van der Waals surface area contributed by atoms with Crippen LogP contribution in [0.15, 0.2) is 0 Å². The lowest BCUT2D eigenvalue weighted by Crippen LogP contribution is -2.49. The molecule has 0 saturated heterocycles. The molecule has 0 aliphatic rings. The molecular formula is C13H22N4O6S. The molecule has 0 aliphatic heterocycles. The number of aliphatic carboxylic acids is 1. The molecule has 0 saturated carbocycles. The van der Waals surface area contributed by atoms with Gasteiger partial charge in [0.05, 0.1) is 13.1 Å². The van der Waals surface area contributed by atoms with Gasteiger partial charge < -0.3 is 26.4 Å². The topological polar surface area (TPSA) is 154 Å². The van der Waals surface area contributed by atoms with Crippen molar-refractivity contribution >= 4 is 41.4 Å². The van der Waals surface area contributed by atoms with Gasteiger partial charge in [-0.05, 0) is 18.4 Å². The van der Waals surface area contributed by atoms with Gasteiger partial charge in [-0.15, -0.1) is 0 Å². The van der Waals surface area contributed by atoms with Crippen molar-refractivity contribution in [1.82, 2.24) is 21.3 Å².